The molecular formula is C21H27NO2. The summed E-state index contributed by atoms with van der Waals surface area (Å²) in [4.78, 5) is 13.0. The van der Waals surface area contributed by atoms with Gasteiger partial charge < -0.3 is 10.5 Å². The number of nitrogen functional groups attached to an aromatic ring is 1. The van der Waals surface area contributed by atoms with Crippen LogP contribution in [0.15, 0.2) is 42.5 Å². The maximum atomic E-state index is 13.0. The molecule has 128 valence electrons. The Morgan fingerprint density at radius 2 is 1.83 bits per heavy atom. The van der Waals surface area contributed by atoms with Crippen molar-refractivity contribution in [2.75, 3.05) is 12.3 Å². The van der Waals surface area contributed by atoms with Gasteiger partial charge in [0.05, 0.1) is 12.2 Å². The minimum Gasteiger partial charge on any atom is -0.493 e. The van der Waals surface area contributed by atoms with Crippen LogP contribution in [0.5, 0.6) is 5.75 Å². The summed E-state index contributed by atoms with van der Waals surface area (Å²) in [5.41, 5.74) is 8.64. The highest BCUT2D eigenvalue weighted by Gasteiger charge is 2.21. The van der Waals surface area contributed by atoms with E-state index in [0.717, 1.165) is 5.56 Å². The zero-order valence-electron chi connectivity index (χ0n) is 15.2. The van der Waals surface area contributed by atoms with Crippen LogP contribution in [0.1, 0.15) is 56.1 Å². The molecule has 0 aliphatic heterocycles. The van der Waals surface area contributed by atoms with E-state index in [4.69, 9.17) is 10.5 Å². The van der Waals surface area contributed by atoms with Crippen molar-refractivity contribution in [1.82, 2.24) is 0 Å². The van der Waals surface area contributed by atoms with Gasteiger partial charge in [0, 0.05) is 11.3 Å². The summed E-state index contributed by atoms with van der Waals surface area (Å²) in [6, 6.07) is 13.0. The van der Waals surface area contributed by atoms with Gasteiger partial charge in [0.15, 0.2) is 5.78 Å². The van der Waals surface area contributed by atoms with Crippen molar-refractivity contribution in [1.29, 1.82) is 0 Å². The van der Waals surface area contributed by atoms with Crippen LogP contribution in [0.25, 0.3) is 0 Å². The Balaban J connectivity index is 2.48. The van der Waals surface area contributed by atoms with Crippen molar-refractivity contribution in [2.24, 2.45) is 5.92 Å². The minimum atomic E-state index is -0.0628. The van der Waals surface area contributed by atoms with E-state index in [1.165, 1.54) is 0 Å². The van der Waals surface area contributed by atoms with Crippen LogP contribution < -0.4 is 10.5 Å². The van der Waals surface area contributed by atoms with Gasteiger partial charge >= 0.3 is 0 Å². The molecular weight excluding hydrogens is 298 g/mol. The fourth-order valence-corrected chi connectivity index (χ4v) is 2.39. The summed E-state index contributed by atoms with van der Waals surface area (Å²) >= 11 is 0. The number of nitrogens with two attached hydrogens (primary N) is 1. The lowest BCUT2D eigenvalue weighted by Gasteiger charge is -2.21. The van der Waals surface area contributed by atoms with Gasteiger partial charge in [-0.15, -0.1) is 0 Å². The van der Waals surface area contributed by atoms with Crippen molar-refractivity contribution < 1.29 is 9.53 Å². The maximum Gasteiger partial charge on any atom is 0.196 e. The van der Waals surface area contributed by atoms with Gasteiger partial charge in [-0.1, -0.05) is 52.8 Å². The van der Waals surface area contributed by atoms with Crippen molar-refractivity contribution in [3.63, 3.8) is 0 Å². The van der Waals surface area contributed by atoms with Crippen LogP contribution in [-0.2, 0) is 5.41 Å². The Morgan fingerprint density at radius 1 is 1.12 bits per heavy atom. The minimum absolute atomic E-state index is 0.0404. The maximum absolute atomic E-state index is 13.0. The lowest BCUT2D eigenvalue weighted by atomic mass is 9.85. The first kappa shape index (κ1) is 18.1. The smallest absolute Gasteiger partial charge is 0.196 e. The molecule has 0 fully saturated rings. The van der Waals surface area contributed by atoms with Crippen LogP contribution in [0.2, 0.25) is 0 Å². The average Bonchev–Trinajstić information content (AvgIpc) is 2.51. The molecule has 0 atom stereocenters. The Morgan fingerprint density at radius 3 is 2.42 bits per heavy atom. The highest BCUT2D eigenvalue weighted by Crippen LogP contribution is 2.30. The lowest BCUT2D eigenvalue weighted by Crippen LogP contribution is -2.15. The predicted molar refractivity (Wildman–Crippen MR) is 99.8 cm³/mol. The zero-order valence-corrected chi connectivity index (χ0v) is 15.2. The first-order valence-corrected chi connectivity index (χ1v) is 8.36. The fraction of sp³-hybridized carbons (Fsp3) is 0.381. The molecule has 0 heterocycles. The van der Waals surface area contributed by atoms with E-state index < -0.39 is 0 Å². The van der Waals surface area contributed by atoms with E-state index in [2.05, 4.69) is 34.6 Å². The molecule has 3 nitrogen and oxygen atoms in total. The number of ether oxygens (including phenoxy) is 1. The highest BCUT2D eigenvalue weighted by atomic mass is 16.5. The normalized spacial score (nSPS) is 11.6. The van der Waals surface area contributed by atoms with E-state index in [9.17, 15) is 4.79 Å². The molecule has 0 saturated heterocycles. The van der Waals surface area contributed by atoms with E-state index in [-0.39, 0.29) is 11.2 Å². The predicted octanol–water partition coefficient (Wildman–Crippen LogP) is 4.83. The van der Waals surface area contributed by atoms with Gasteiger partial charge in [-0.05, 0) is 41.2 Å². The monoisotopic (exact) mass is 325 g/mol. The van der Waals surface area contributed by atoms with Crippen LogP contribution >= 0.6 is 0 Å². The summed E-state index contributed by atoms with van der Waals surface area (Å²) in [7, 11) is 0. The quantitative estimate of drug-likeness (QED) is 0.632. The third-order valence-electron chi connectivity index (χ3n) is 3.81. The van der Waals surface area contributed by atoms with E-state index in [1.807, 2.05) is 18.2 Å². The SMILES string of the molecule is CC(C)COc1ccc(C(C)(C)C)cc1C(=O)c1cccc(N)c1. The summed E-state index contributed by atoms with van der Waals surface area (Å²) in [6.45, 7) is 11.1. The molecule has 24 heavy (non-hydrogen) atoms. The fourth-order valence-electron chi connectivity index (χ4n) is 2.39. The number of benzene rings is 2. The molecule has 0 aromatic heterocycles. The number of anilines is 1. The lowest BCUT2D eigenvalue weighted by molar-refractivity contribution is 0.103. The second kappa shape index (κ2) is 7.08. The Bertz CT molecular complexity index is 727. The van der Waals surface area contributed by atoms with Crippen molar-refractivity contribution >= 4 is 11.5 Å². The number of rotatable bonds is 5. The van der Waals surface area contributed by atoms with Crippen LogP contribution in [0.3, 0.4) is 0 Å². The van der Waals surface area contributed by atoms with Crippen LogP contribution in [-0.4, -0.2) is 12.4 Å². The summed E-state index contributed by atoms with van der Waals surface area (Å²) in [6.07, 6.45) is 0. The molecule has 0 amide bonds. The molecule has 0 aliphatic rings. The standard InChI is InChI=1S/C21H27NO2/c1-14(2)13-24-19-10-9-16(21(3,4)5)12-18(19)20(23)15-7-6-8-17(22)11-15/h6-12,14H,13,22H2,1-5H3. The van der Waals surface area contributed by atoms with Crippen molar-refractivity contribution in [2.45, 2.75) is 40.0 Å². The largest absolute Gasteiger partial charge is 0.493 e. The number of ketones is 1. The molecule has 0 unspecified atom stereocenters. The molecule has 3 heteroatoms. The summed E-state index contributed by atoms with van der Waals surface area (Å²) in [5.74, 6) is 0.957. The second-order valence-corrected chi connectivity index (χ2v) is 7.62. The van der Waals surface area contributed by atoms with Crippen molar-refractivity contribution in [3.8, 4) is 5.75 Å². The molecule has 0 spiro atoms. The number of hydrogen-bond acceptors (Lipinski definition) is 3. The van der Waals surface area contributed by atoms with Gasteiger partial charge in [-0.25, -0.2) is 0 Å². The second-order valence-electron chi connectivity index (χ2n) is 7.62. The van der Waals surface area contributed by atoms with Gasteiger partial charge in [-0.3, -0.25) is 4.79 Å². The van der Waals surface area contributed by atoms with Gasteiger partial charge in [-0.2, -0.15) is 0 Å². The van der Waals surface area contributed by atoms with E-state index in [0.29, 0.717) is 35.1 Å². The topological polar surface area (TPSA) is 52.3 Å². The average molecular weight is 325 g/mol. The van der Waals surface area contributed by atoms with E-state index >= 15 is 0 Å². The third-order valence-corrected chi connectivity index (χ3v) is 3.81. The summed E-state index contributed by atoms with van der Waals surface area (Å²) in [5, 5.41) is 0. The van der Waals surface area contributed by atoms with Gasteiger partial charge in [0.1, 0.15) is 5.75 Å². The Labute approximate surface area is 144 Å². The molecule has 0 aliphatic carbocycles. The van der Waals surface area contributed by atoms with E-state index in [1.54, 1.807) is 24.3 Å². The number of carbonyl (C=O) groups excluding carboxylic acids is 1. The first-order valence-electron chi connectivity index (χ1n) is 8.36. The molecule has 2 aromatic carbocycles. The first-order chi connectivity index (χ1) is 11.2. The zero-order chi connectivity index (χ0) is 17.9. The van der Waals surface area contributed by atoms with Crippen molar-refractivity contribution in [3.05, 3.63) is 59.2 Å². The molecule has 2 aromatic rings. The molecule has 0 saturated carbocycles. The Kier molecular flexibility index (Phi) is 5.33. The molecule has 2 rings (SSSR count). The molecule has 2 N–H and O–H groups in total. The third kappa shape index (κ3) is 4.38. The molecule has 0 bridgehead atoms. The summed E-state index contributed by atoms with van der Waals surface area (Å²) < 4.78 is 5.89. The van der Waals surface area contributed by atoms with Gasteiger partial charge in [0.2, 0.25) is 0 Å². The van der Waals surface area contributed by atoms with Crippen LogP contribution in [0, 0.1) is 5.92 Å². The number of carbonyl (C=O) groups is 1. The molecule has 0 radical (unpaired) electrons. The van der Waals surface area contributed by atoms with Crippen LogP contribution in [0.4, 0.5) is 5.69 Å². The highest BCUT2D eigenvalue weighted by molar-refractivity contribution is 6.11. The van der Waals surface area contributed by atoms with Gasteiger partial charge in [0.25, 0.3) is 0 Å². The number of hydrogen-bond donors (Lipinski definition) is 1. The Hall–Kier alpha value is -2.29.